The maximum absolute atomic E-state index is 9.18. The van der Waals surface area contributed by atoms with Crippen LogP contribution in [-0.4, -0.2) is 34.0 Å². The number of thioether (sulfide) groups is 1. The van der Waals surface area contributed by atoms with E-state index in [2.05, 4.69) is 9.97 Å². The van der Waals surface area contributed by atoms with E-state index in [0.717, 1.165) is 34.1 Å². The Labute approximate surface area is 104 Å². The summed E-state index contributed by atoms with van der Waals surface area (Å²) >= 11 is 1.62. The summed E-state index contributed by atoms with van der Waals surface area (Å²) in [6.45, 7) is 1.80. The number of aromatic amines is 1. The van der Waals surface area contributed by atoms with E-state index >= 15 is 0 Å². The molecular weight excluding hydrogens is 236 g/mol. The van der Waals surface area contributed by atoms with Crippen molar-refractivity contribution in [3.05, 3.63) is 18.2 Å². The highest BCUT2D eigenvalue weighted by atomic mass is 32.2. The van der Waals surface area contributed by atoms with Gasteiger partial charge >= 0.3 is 0 Å². The van der Waals surface area contributed by atoms with Gasteiger partial charge in [-0.2, -0.15) is 0 Å². The number of imidazole rings is 1. The Kier molecular flexibility index (Phi) is 3.91. The van der Waals surface area contributed by atoms with Gasteiger partial charge in [-0.1, -0.05) is 11.8 Å². The van der Waals surface area contributed by atoms with Crippen molar-refractivity contribution in [1.82, 2.24) is 9.97 Å². The predicted molar refractivity (Wildman–Crippen MR) is 69.7 cm³/mol. The standard InChI is InChI=1S/C12H16N2O2S/c1-8(15)5-6-17-12-13-10-4-3-9(16-2)7-11(10)14-12/h3-4,7-8,15H,5-6H2,1-2H3,(H,13,14). The van der Waals surface area contributed by atoms with Crippen molar-refractivity contribution in [3.63, 3.8) is 0 Å². The summed E-state index contributed by atoms with van der Waals surface area (Å²) in [5.74, 6) is 1.68. The SMILES string of the molecule is COc1ccc2nc(SCCC(C)O)[nH]c2c1. The lowest BCUT2D eigenvalue weighted by Crippen LogP contribution is -2.00. The number of H-pyrrole nitrogens is 1. The molecule has 2 N–H and O–H groups in total. The van der Waals surface area contributed by atoms with Crippen molar-refractivity contribution in [2.45, 2.75) is 24.6 Å². The van der Waals surface area contributed by atoms with Crippen molar-refractivity contribution >= 4 is 22.8 Å². The zero-order valence-corrected chi connectivity index (χ0v) is 10.8. The van der Waals surface area contributed by atoms with Crippen LogP contribution in [0.1, 0.15) is 13.3 Å². The summed E-state index contributed by atoms with van der Waals surface area (Å²) in [7, 11) is 1.65. The number of aromatic nitrogens is 2. The van der Waals surface area contributed by atoms with Crippen LogP contribution < -0.4 is 4.74 Å². The lowest BCUT2D eigenvalue weighted by molar-refractivity contribution is 0.192. The highest BCUT2D eigenvalue weighted by Crippen LogP contribution is 2.23. The van der Waals surface area contributed by atoms with E-state index in [1.165, 1.54) is 0 Å². The van der Waals surface area contributed by atoms with Gasteiger partial charge < -0.3 is 14.8 Å². The number of methoxy groups -OCH3 is 1. The third-order valence-electron chi connectivity index (χ3n) is 2.44. The molecule has 0 aliphatic heterocycles. The number of benzene rings is 1. The van der Waals surface area contributed by atoms with Crippen LogP contribution in [0, 0.1) is 0 Å². The summed E-state index contributed by atoms with van der Waals surface area (Å²) < 4.78 is 5.16. The molecule has 0 aliphatic carbocycles. The molecule has 0 aliphatic rings. The lowest BCUT2D eigenvalue weighted by Gasteiger charge is -2.00. The summed E-state index contributed by atoms with van der Waals surface area (Å²) in [5, 5.41) is 10.1. The van der Waals surface area contributed by atoms with Gasteiger partial charge in [-0.3, -0.25) is 0 Å². The van der Waals surface area contributed by atoms with Gasteiger partial charge in [0.05, 0.1) is 24.2 Å². The second-order valence-electron chi connectivity index (χ2n) is 3.91. The first-order valence-corrected chi connectivity index (χ1v) is 6.52. The fourth-order valence-electron chi connectivity index (χ4n) is 1.49. The van der Waals surface area contributed by atoms with Crippen molar-refractivity contribution in [2.75, 3.05) is 12.9 Å². The van der Waals surface area contributed by atoms with Gasteiger partial charge in [0.2, 0.25) is 0 Å². The molecule has 0 amide bonds. The zero-order chi connectivity index (χ0) is 12.3. The van der Waals surface area contributed by atoms with Crippen LogP contribution in [0.25, 0.3) is 11.0 Å². The maximum Gasteiger partial charge on any atom is 0.166 e. The Hall–Kier alpha value is -1.20. The van der Waals surface area contributed by atoms with E-state index < -0.39 is 0 Å². The van der Waals surface area contributed by atoms with E-state index in [1.54, 1.807) is 25.8 Å². The average Bonchev–Trinajstić information content (AvgIpc) is 2.69. The monoisotopic (exact) mass is 252 g/mol. The maximum atomic E-state index is 9.18. The Morgan fingerprint density at radius 2 is 2.35 bits per heavy atom. The number of fused-ring (bicyclic) bond motifs is 1. The number of hydrogen-bond donors (Lipinski definition) is 2. The number of hydrogen-bond acceptors (Lipinski definition) is 4. The van der Waals surface area contributed by atoms with Gasteiger partial charge in [0, 0.05) is 11.8 Å². The van der Waals surface area contributed by atoms with Gasteiger partial charge in [0.25, 0.3) is 0 Å². The molecule has 0 fully saturated rings. The molecule has 1 heterocycles. The molecular formula is C12H16N2O2S. The molecule has 2 aromatic rings. The lowest BCUT2D eigenvalue weighted by atomic mass is 10.3. The third kappa shape index (κ3) is 3.14. The van der Waals surface area contributed by atoms with E-state index in [4.69, 9.17) is 4.74 Å². The third-order valence-corrected chi connectivity index (χ3v) is 3.35. The summed E-state index contributed by atoms with van der Waals surface area (Å²) in [5.41, 5.74) is 1.91. The molecule has 1 aromatic heterocycles. The summed E-state index contributed by atoms with van der Waals surface area (Å²) in [6.07, 6.45) is 0.511. The first kappa shape index (κ1) is 12.3. The van der Waals surface area contributed by atoms with Crippen molar-refractivity contribution < 1.29 is 9.84 Å². The Bertz CT molecular complexity index is 496. The van der Waals surface area contributed by atoms with Gasteiger partial charge in [-0.05, 0) is 25.5 Å². The molecule has 2 rings (SSSR count). The minimum atomic E-state index is -0.257. The Balaban J connectivity index is 2.09. The molecule has 0 radical (unpaired) electrons. The number of ether oxygens (including phenoxy) is 1. The largest absolute Gasteiger partial charge is 0.497 e. The van der Waals surface area contributed by atoms with Crippen LogP contribution in [0.3, 0.4) is 0 Å². The van der Waals surface area contributed by atoms with Gasteiger partial charge in [0.1, 0.15) is 5.75 Å². The van der Waals surface area contributed by atoms with E-state index in [1.807, 2.05) is 18.2 Å². The zero-order valence-electron chi connectivity index (χ0n) is 9.93. The van der Waals surface area contributed by atoms with Crippen LogP contribution >= 0.6 is 11.8 Å². The van der Waals surface area contributed by atoms with Crippen LogP contribution in [0.5, 0.6) is 5.75 Å². The molecule has 1 atom stereocenters. The summed E-state index contributed by atoms with van der Waals surface area (Å²) in [4.78, 5) is 7.69. The molecule has 5 heteroatoms. The van der Waals surface area contributed by atoms with Crippen LogP contribution in [0.15, 0.2) is 23.4 Å². The van der Waals surface area contributed by atoms with E-state index in [9.17, 15) is 5.11 Å². The number of rotatable bonds is 5. The van der Waals surface area contributed by atoms with Crippen molar-refractivity contribution in [3.8, 4) is 5.75 Å². The molecule has 0 spiro atoms. The Morgan fingerprint density at radius 3 is 3.06 bits per heavy atom. The molecule has 1 unspecified atom stereocenters. The highest BCUT2D eigenvalue weighted by molar-refractivity contribution is 7.99. The Morgan fingerprint density at radius 1 is 1.53 bits per heavy atom. The first-order chi connectivity index (χ1) is 8.19. The number of aliphatic hydroxyl groups excluding tert-OH is 1. The second-order valence-corrected chi connectivity index (χ2v) is 4.99. The van der Waals surface area contributed by atoms with Gasteiger partial charge in [-0.25, -0.2) is 4.98 Å². The van der Waals surface area contributed by atoms with E-state index in [0.29, 0.717) is 0 Å². The number of nitrogens with zero attached hydrogens (tertiary/aromatic N) is 1. The number of nitrogens with one attached hydrogen (secondary N) is 1. The molecule has 17 heavy (non-hydrogen) atoms. The molecule has 0 saturated carbocycles. The van der Waals surface area contributed by atoms with Crippen molar-refractivity contribution in [2.24, 2.45) is 0 Å². The molecule has 92 valence electrons. The quantitative estimate of drug-likeness (QED) is 0.802. The average molecular weight is 252 g/mol. The fourth-order valence-corrected chi connectivity index (χ4v) is 2.48. The van der Waals surface area contributed by atoms with Crippen LogP contribution in [0.4, 0.5) is 0 Å². The van der Waals surface area contributed by atoms with Crippen molar-refractivity contribution in [1.29, 1.82) is 0 Å². The topological polar surface area (TPSA) is 58.1 Å². The second kappa shape index (κ2) is 5.42. The number of aliphatic hydroxyl groups is 1. The van der Waals surface area contributed by atoms with Crippen LogP contribution in [-0.2, 0) is 0 Å². The predicted octanol–water partition coefficient (Wildman–Crippen LogP) is 2.43. The normalized spacial score (nSPS) is 12.9. The summed E-state index contributed by atoms with van der Waals surface area (Å²) in [6, 6.07) is 5.76. The van der Waals surface area contributed by atoms with Gasteiger partial charge in [-0.15, -0.1) is 0 Å². The first-order valence-electron chi connectivity index (χ1n) is 5.53. The van der Waals surface area contributed by atoms with Gasteiger partial charge in [0.15, 0.2) is 5.16 Å². The smallest absolute Gasteiger partial charge is 0.166 e. The minimum Gasteiger partial charge on any atom is -0.497 e. The molecule has 1 aromatic carbocycles. The molecule has 0 bridgehead atoms. The van der Waals surface area contributed by atoms with Crippen LogP contribution in [0.2, 0.25) is 0 Å². The molecule has 4 nitrogen and oxygen atoms in total. The highest BCUT2D eigenvalue weighted by Gasteiger charge is 2.05. The van der Waals surface area contributed by atoms with E-state index in [-0.39, 0.29) is 6.10 Å². The minimum absolute atomic E-state index is 0.257. The molecule has 0 saturated heterocycles. The fraction of sp³-hybridized carbons (Fsp3) is 0.417.